The van der Waals surface area contributed by atoms with Gasteiger partial charge in [0.15, 0.2) is 16.8 Å². The third-order valence-corrected chi connectivity index (χ3v) is 5.53. The third kappa shape index (κ3) is 3.49. The van der Waals surface area contributed by atoms with Crippen molar-refractivity contribution >= 4 is 45.2 Å². The number of hydrogen-bond donors (Lipinski definition) is 1. The molecule has 0 aliphatic rings. The fourth-order valence-electron chi connectivity index (χ4n) is 3.88. The van der Waals surface area contributed by atoms with Crippen LogP contribution in [0, 0.1) is 27.7 Å². The highest BCUT2D eigenvalue weighted by Crippen LogP contribution is 2.28. The zero-order chi connectivity index (χ0) is 21.7. The summed E-state index contributed by atoms with van der Waals surface area (Å²) in [7, 11) is 0. The van der Waals surface area contributed by atoms with Gasteiger partial charge in [-0.25, -0.2) is 15.0 Å². The van der Waals surface area contributed by atoms with Crippen LogP contribution in [0.4, 0.5) is 11.6 Å². The molecule has 0 amide bonds. The van der Waals surface area contributed by atoms with Gasteiger partial charge in [-0.2, -0.15) is 9.78 Å². The van der Waals surface area contributed by atoms with Gasteiger partial charge in [-0.05, 0) is 63.1 Å². The first-order valence-corrected chi connectivity index (χ1v) is 10.4. The van der Waals surface area contributed by atoms with Gasteiger partial charge in [0.2, 0.25) is 0 Å². The van der Waals surface area contributed by atoms with E-state index >= 15 is 0 Å². The number of rotatable bonds is 3. The normalized spacial score (nSPS) is 11.4. The van der Waals surface area contributed by atoms with Crippen molar-refractivity contribution in [2.75, 3.05) is 5.32 Å². The van der Waals surface area contributed by atoms with Gasteiger partial charge in [0.25, 0.3) is 0 Å². The van der Waals surface area contributed by atoms with E-state index in [4.69, 9.17) is 16.6 Å². The van der Waals surface area contributed by atoms with Crippen LogP contribution in [-0.4, -0.2) is 24.7 Å². The molecular weight excluding hydrogens is 408 g/mol. The Hall–Kier alpha value is -3.51. The summed E-state index contributed by atoms with van der Waals surface area (Å²) in [5.74, 6) is 1.93. The molecule has 0 spiro atoms. The van der Waals surface area contributed by atoms with Gasteiger partial charge in [-0.3, -0.25) is 0 Å². The Morgan fingerprint density at radius 1 is 0.839 bits per heavy atom. The first kappa shape index (κ1) is 19.5. The molecule has 0 atom stereocenters. The van der Waals surface area contributed by atoms with Gasteiger partial charge < -0.3 is 5.32 Å². The largest absolute Gasteiger partial charge is 0.322 e. The Morgan fingerprint density at radius 3 is 2.35 bits per heavy atom. The number of halogens is 1. The second-order valence-electron chi connectivity index (χ2n) is 7.83. The van der Waals surface area contributed by atoms with Crippen molar-refractivity contribution in [1.82, 2.24) is 24.7 Å². The van der Waals surface area contributed by atoms with Crippen molar-refractivity contribution in [3.05, 3.63) is 76.1 Å². The molecule has 3 aromatic heterocycles. The molecule has 5 aromatic rings. The molecule has 31 heavy (non-hydrogen) atoms. The molecule has 0 radical (unpaired) electrons. The lowest BCUT2D eigenvalue weighted by molar-refractivity contribution is 0.842. The molecule has 0 bridgehead atoms. The van der Waals surface area contributed by atoms with Crippen LogP contribution >= 0.6 is 11.6 Å². The second kappa shape index (κ2) is 7.32. The lowest BCUT2D eigenvalue weighted by atomic mass is 10.0. The number of anilines is 2. The minimum Gasteiger partial charge on any atom is -0.322 e. The molecule has 0 saturated carbocycles. The third-order valence-electron chi connectivity index (χ3n) is 5.26. The molecule has 0 unspecified atom stereocenters. The van der Waals surface area contributed by atoms with E-state index in [0.717, 1.165) is 50.4 Å². The summed E-state index contributed by atoms with van der Waals surface area (Å²) in [6, 6.07) is 15.9. The summed E-state index contributed by atoms with van der Waals surface area (Å²) in [6.07, 6.45) is 0. The van der Waals surface area contributed by atoms with Crippen molar-refractivity contribution in [2.45, 2.75) is 27.7 Å². The number of hydrogen-bond acceptors (Lipinski definition) is 5. The number of para-hydroxylation sites is 2. The van der Waals surface area contributed by atoms with Gasteiger partial charge >= 0.3 is 0 Å². The zero-order valence-electron chi connectivity index (χ0n) is 17.7. The predicted molar refractivity (Wildman–Crippen MR) is 126 cm³/mol. The average molecular weight is 429 g/mol. The van der Waals surface area contributed by atoms with Gasteiger partial charge in [0.1, 0.15) is 5.82 Å². The zero-order valence-corrected chi connectivity index (χ0v) is 18.5. The minimum atomic E-state index is 0.304. The molecule has 2 aromatic carbocycles. The van der Waals surface area contributed by atoms with Crippen molar-refractivity contribution in [2.24, 2.45) is 0 Å². The monoisotopic (exact) mass is 428 g/mol. The maximum absolute atomic E-state index is 6.42. The van der Waals surface area contributed by atoms with E-state index in [0.29, 0.717) is 11.0 Å². The molecule has 154 valence electrons. The first-order chi connectivity index (χ1) is 14.9. The molecule has 5 rings (SSSR count). The van der Waals surface area contributed by atoms with Crippen LogP contribution in [0.25, 0.3) is 27.8 Å². The summed E-state index contributed by atoms with van der Waals surface area (Å²) in [4.78, 5) is 14.0. The molecule has 7 heteroatoms. The topological polar surface area (TPSA) is 68.5 Å². The van der Waals surface area contributed by atoms with Gasteiger partial charge in [0, 0.05) is 11.5 Å². The van der Waals surface area contributed by atoms with Gasteiger partial charge in [-0.1, -0.05) is 35.4 Å². The van der Waals surface area contributed by atoms with Crippen LogP contribution < -0.4 is 5.32 Å². The number of fused-ring (bicyclic) bond motifs is 2. The molecule has 3 heterocycles. The Kier molecular flexibility index (Phi) is 4.59. The summed E-state index contributed by atoms with van der Waals surface area (Å²) in [5.41, 5.74) is 6.86. The molecule has 0 aliphatic heterocycles. The minimum absolute atomic E-state index is 0.304. The molecule has 1 N–H and O–H groups in total. The summed E-state index contributed by atoms with van der Waals surface area (Å²) < 4.78 is 1.79. The lowest BCUT2D eigenvalue weighted by Crippen LogP contribution is -2.07. The number of benzene rings is 2. The van der Waals surface area contributed by atoms with E-state index < -0.39 is 0 Å². The van der Waals surface area contributed by atoms with E-state index in [1.165, 1.54) is 5.56 Å². The van der Waals surface area contributed by atoms with Crippen molar-refractivity contribution < 1.29 is 0 Å². The summed E-state index contributed by atoms with van der Waals surface area (Å²) >= 11 is 6.42. The SMILES string of the molecule is Cc1cc(C)c2nc(-n3nc(C)cc3Nc3nc4ccccc4nc3Cl)cc(C)c2c1. The molecular formula is C24H21ClN6. The van der Waals surface area contributed by atoms with E-state index in [1.54, 1.807) is 4.68 Å². The molecule has 6 nitrogen and oxygen atoms in total. The Bertz CT molecular complexity index is 1470. The highest BCUT2D eigenvalue weighted by atomic mass is 35.5. The highest BCUT2D eigenvalue weighted by Gasteiger charge is 2.15. The lowest BCUT2D eigenvalue weighted by Gasteiger charge is -2.13. The number of aromatic nitrogens is 5. The van der Waals surface area contributed by atoms with Crippen molar-refractivity contribution in [1.29, 1.82) is 0 Å². The average Bonchev–Trinajstić information content (AvgIpc) is 3.09. The van der Waals surface area contributed by atoms with Crippen LogP contribution in [0.1, 0.15) is 22.4 Å². The maximum atomic E-state index is 6.42. The van der Waals surface area contributed by atoms with E-state index in [2.05, 4.69) is 53.3 Å². The number of nitrogens with one attached hydrogen (secondary N) is 1. The fraction of sp³-hybridized carbons (Fsp3) is 0.167. The second-order valence-corrected chi connectivity index (χ2v) is 8.19. The van der Waals surface area contributed by atoms with Crippen molar-refractivity contribution in [3.8, 4) is 5.82 Å². The molecule has 0 fully saturated rings. The predicted octanol–water partition coefficient (Wildman–Crippen LogP) is 5.99. The Labute approximate surface area is 184 Å². The van der Waals surface area contributed by atoms with E-state index in [-0.39, 0.29) is 0 Å². The van der Waals surface area contributed by atoms with Crippen LogP contribution in [0.2, 0.25) is 5.15 Å². The first-order valence-electron chi connectivity index (χ1n) is 10.0. The smallest absolute Gasteiger partial charge is 0.172 e. The molecule has 0 aliphatic carbocycles. The number of nitrogens with zero attached hydrogens (tertiary/aromatic N) is 5. The fourth-order valence-corrected chi connectivity index (χ4v) is 4.06. The summed E-state index contributed by atoms with van der Waals surface area (Å²) in [6.45, 7) is 8.23. The number of pyridine rings is 1. The van der Waals surface area contributed by atoms with E-state index in [9.17, 15) is 0 Å². The van der Waals surface area contributed by atoms with Crippen LogP contribution in [0.5, 0.6) is 0 Å². The Balaban J connectivity index is 1.63. The van der Waals surface area contributed by atoms with Crippen LogP contribution in [-0.2, 0) is 0 Å². The number of aryl methyl sites for hydroxylation is 4. The quantitative estimate of drug-likeness (QED) is 0.382. The standard InChI is InChI=1S/C24H21ClN6/c1-13-9-15(3)22-17(10-13)14(2)11-20(28-22)31-21(12-16(4)30-31)29-24-23(25)26-18-7-5-6-8-19(18)27-24/h5-12H,1-4H3,(H,27,29). The van der Waals surface area contributed by atoms with Crippen LogP contribution in [0.15, 0.2) is 48.5 Å². The maximum Gasteiger partial charge on any atom is 0.172 e. The van der Waals surface area contributed by atoms with Gasteiger partial charge in [0.05, 0.1) is 22.2 Å². The van der Waals surface area contributed by atoms with Crippen LogP contribution in [0.3, 0.4) is 0 Å². The Morgan fingerprint density at radius 2 is 1.58 bits per heavy atom. The molecule has 0 saturated heterocycles. The van der Waals surface area contributed by atoms with Crippen molar-refractivity contribution in [3.63, 3.8) is 0 Å². The summed E-state index contributed by atoms with van der Waals surface area (Å²) in [5, 5.41) is 9.42. The highest BCUT2D eigenvalue weighted by molar-refractivity contribution is 6.32. The van der Waals surface area contributed by atoms with E-state index in [1.807, 2.05) is 43.3 Å². The van der Waals surface area contributed by atoms with Gasteiger partial charge in [-0.15, -0.1) is 0 Å².